The van der Waals surface area contributed by atoms with E-state index in [4.69, 9.17) is 5.73 Å². The molecule has 1 aromatic carbocycles. The molecule has 0 heterocycles. The second-order valence-corrected chi connectivity index (χ2v) is 2.89. The maximum Gasteiger partial charge on any atom is 0.166 e. The van der Waals surface area contributed by atoms with Gasteiger partial charge in [-0.1, -0.05) is 6.08 Å². The van der Waals surface area contributed by atoms with Crippen LogP contribution in [0.3, 0.4) is 0 Å². The molecule has 0 aromatic heterocycles. The number of rotatable bonds is 3. The Kier molecular flexibility index (Phi) is 3.30. The van der Waals surface area contributed by atoms with E-state index < -0.39 is 29.1 Å². The van der Waals surface area contributed by atoms with E-state index in [1.165, 1.54) is 6.08 Å². The molecule has 0 fully saturated rings. The summed E-state index contributed by atoms with van der Waals surface area (Å²) < 4.78 is 38.9. The standard InChI is InChI=1S/C10H10F3N/c1-2-3-8(14)9-6(11)4-5-7(12)10(9)13/h2,4-5,8H,1,3,14H2/t8-/m0/s1. The Labute approximate surface area is 80.0 Å². The number of halogens is 3. The van der Waals surface area contributed by atoms with Gasteiger partial charge in [-0.3, -0.25) is 0 Å². The lowest BCUT2D eigenvalue weighted by Crippen LogP contribution is -2.14. The second kappa shape index (κ2) is 4.28. The molecule has 1 aromatic rings. The van der Waals surface area contributed by atoms with E-state index in [1.54, 1.807) is 0 Å². The van der Waals surface area contributed by atoms with E-state index in [1.807, 2.05) is 0 Å². The Bertz CT molecular complexity index is 349. The minimum Gasteiger partial charge on any atom is -0.324 e. The van der Waals surface area contributed by atoms with Crippen molar-refractivity contribution >= 4 is 0 Å². The van der Waals surface area contributed by atoms with Gasteiger partial charge in [-0.2, -0.15) is 0 Å². The van der Waals surface area contributed by atoms with Crippen molar-refractivity contribution in [2.75, 3.05) is 0 Å². The van der Waals surface area contributed by atoms with Gasteiger partial charge in [-0.25, -0.2) is 13.2 Å². The van der Waals surface area contributed by atoms with Gasteiger partial charge >= 0.3 is 0 Å². The van der Waals surface area contributed by atoms with E-state index in [-0.39, 0.29) is 6.42 Å². The van der Waals surface area contributed by atoms with Crippen molar-refractivity contribution in [1.29, 1.82) is 0 Å². The Morgan fingerprint density at radius 1 is 1.29 bits per heavy atom. The first-order valence-electron chi connectivity index (χ1n) is 4.07. The van der Waals surface area contributed by atoms with Crippen molar-refractivity contribution in [1.82, 2.24) is 0 Å². The highest BCUT2D eigenvalue weighted by molar-refractivity contribution is 5.24. The number of benzene rings is 1. The maximum atomic E-state index is 13.1. The molecular weight excluding hydrogens is 191 g/mol. The van der Waals surface area contributed by atoms with Gasteiger partial charge in [0.25, 0.3) is 0 Å². The van der Waals surface area contributed by atoms with Crippen molar-refractivity contribution in [3.8, 4) is 0 Å². The van der Waals surface area contributed by atoms with Gasteiger partial charge in [0.2, 0.25) is 0 Å². The minimum absolute atomic E-state index is 0.192. The predicted octanol–water partition coefficient (Wildman–Crippen LogP) is 2.68. The zero-order valence-electron chi connectivity index (χ0n) is 7.43. The highest BCUT2D eigenvalue weighted by Crippen LogP contribution is 2.23. The van der Waals surface area contributed by atoms with Gasteiger partial charge in [0.1, 0.15) is 5.82 Å². The third-order valence-corrected chi connectivity index (χ3v) is 1.87. The van der Waals surface area contributed by atoms with E-state index >= 15 is 0 Å². The van der Waals surface area contributed by atoms with Gasteiger partial charge in [0, 0.05) is 11.6 Å². The fourth-order valence-electron chi connectivity index (χ4n) is 1.18. The molecule has 2 N–H and O–H groups in total. The lowest BCUT2D eigenvalue weighted by molar-refractivity contribution is 0.465. The molecule has 1 atom stereocenters. The molecule has 14 heavy (non-hydrogen) atoms. The quantitative estimate of drug-likeness (QED) is 0.590. The molecule has 0 aliphatic heterocycles. The molecule has 0 amide bonds. The van der Waals surface area contributed by atoms with Crippen molar-refractivity contribution in [2.45, 2.75) is 12.5 Å². The van der Waals surface area contributed by atoms with Crippen LogP contribution in [0.25, 0.3) is 0 Å². The largest absolute Gasteiger partial charge is 0.324 e. The summed E-state index contributed by atoms with van der Waals surface area (Å²) in [5, 5.41) is 0. The lowest BCUT2D eigenvalue weighted by atomic mass is 10.0. The van der Waals surface area contributed by atoms with Crippen LogP contribution < -0.4 is 5.73 Å². The SMILES string of the molecule is C=CC[C@H](N)c1c(F)ccc(F)c1F. The van der Waals surface area contributed by atoms with Crippen LogP contribution in [0.2, 0.25) is 0 Å². The molecule has 0 spiro atoms. The molecular formula is C10H10F3N. The summed E-state index contributed by atoms with van der Waals surface area (Å²) in [4.78, 5) is 0. The summed E-state index contributed by atoms with van der Waals surface area (Å²) in [5.41, 5.74) is 5.03. The maximum absolute atomic E-state index is 13.1. The molecule has 0 aliphatic carbocycles. The van der Waals surface area contributed by atoms with Crippen molar-refractivity contribution in [3.63, 3.8) is 0 Å². The fourth-order valence-corrected chi connectivity index (χ4v) is 1.18. The van der Waals surface area contributed by atoms with Crippen LogP contribution in [0.1, 0.15) is 18.0 Å². The van der Waals surface area contributed by atoms with Crippen LogP contribution in [0, 0.1) is 17.5 Å². The monoisotopic (exact) mass is 201 g/mol. The number of hydrogen-bond acceptors (Lipinski definition) is 1. The first kappa shape index (κ1) is 10.8. The van der Waals surface area contributed by atoms with Crippen molar-refractivity contribution in [2.24, 2.45) is 5.73 Å². The van der Waals surface area contributed by atoms with Gasteiger partial charge in [0.05, 0.1) is 0 Å². The Balaban J connectivity index is 3.17. The molecule has 0 saturated heterocycles. The summed E-state index contributed by atoms with van der Waals surface area (Å²) in [7, 11) is 0. The molecule has 0 radical (unpaired) electrons. The van der Waals surface area contributed by atoms with Crippen molar-refractivity contribution in [3.05, 3.63) is 47.8 Å². The minimum atomic E-state index is -1.22. The van der Waals surface area contributed by atoms with Crippen LogP contribution >= 0.6 is 0 Å². The van der Waals surface area contributed by atoms with E-state index in [0.717, 1.165) is 12.1 Å². The number of hydrogen-bond donors (Lipinski definition) is 1. The molecule has 76 valence electrons. The zero-order chi connectivity index (χ0) is 10.7. The smallest absolute Gasteiger partial charge is 0.166 e. The van der Waals surface area contributed by atoms with E-state index in [9.17, 15) is 13.2 Å². The molecule has 0 saturated carbocycles. The molecule has 4 heteroatoms. The highest BCUT2D eigenvalue weighted by Gasteiger charge is 2.18. The topological polar surface area (TPSA) is 26.0 Å². The van der Waals surface area contributed by atoms with Crippen LogP contribution in [0.15, 0.2) is 24.8 Å². The summed E-state index contributed by atoms with van der Waals surface area (Å²) in [6.45, 7) is 3.39. The lowest BCUT2D eigenvalue weighted by Gasteiger charge is -2.11. The molecule has 0 bridgehead atoms. The first-order valence-corrected chi connectivity index (χ1v) is 4.07. The fraction of sp³-hybridized carbons (Fsp3) is 0.200. The van der Waals surface area contributed by atoms with Gasteiger partial charge in [0.15, 0.2) is 11.6 Å². The zero-order valence-corrected chi connectivity index (χ0v) is 7.43. The summed E-state index contributed by atoms with van der Waals surface area (Å²) in [6, 6.07) is 0.689. The molecule has 1 nitrogen and oxygen atoms in total. The summed E-state index contributed by atoms with van der Waals surface area (Å²) in [6.07, 6.45) is 1.62. The Hall–Kier alpha value is -1.29. The average Bonchev–Trinajstić information content (AvgIpc) is 2.13. The average molecular weight is 201 g/mol. The molecule has 0 aliphatic rings. The Morgan fingerprint density at radius 2 is 1.86 bits per heavy atom. The second-order valence-electron chi connectivity index (χ2n) is 2.89. The predicted molar refractivity (Wildman–Crippen MR) is 48.1 cm³/mol. The van der Waals surface area contributed by atoms with E-state index in [0.29, 0.717) is 0 Å². The van der Waals surface area contributed by atoms with Crippen LogP contribution in [0.4, 0.5) is 13.2 Å². The van der Waals surface area contributed by atoms with Crippen LogP contribution in [-0.2, 0) is 0 Å². The summed E-state index contributed by atoms with van der Waals surface area (Å²) in [5.74, 6) is -3.15. The third kappa shape index (κ3) is 1.96. The van der Waals surface area contributed by atoms with Crippen LogP contribution in [-0.4, -0.2) is 0 Å². The molecule has 0 unspecified atom stereocenters. The first-order chi connectivity index (χ1) is 6.57. The van der Waals surface area contributed by atoms with Gasteiger partial charge < -0.3 is 5.73 Å². The van der Waals surface area contributed by atoms with E-state index in [2.05, 4.69) is 6.58 Å². The van der Waals surface area contributed by atoms with Gasteiger partial charge in [-0.15, -0.1) is 6.58 Å². The summed E-state index contributed by atoms with van der Waals surface area (Å²) >= 11 is 0. The van der Waals surface area contributed by atoms with Gasteiger partial charge in [-0.05, 0) is 18.6 Å². The van der Waals surface area contributed by atoms with Crippen molar-refractivity contribution < 1.29 is 13.2 Å². The number of nitrogens with two attached hydrogens (primary N) is 1. The third-order valence-electron chi connectivity index (χ3n) is 1.87. The normalized spacial score (nSPS) is 12.6. The highest BCUT2D eigenvalue weighted by atomic mass is 19.2. The molecule has 1 rings (SSSR count). The Morgan fingerprint density at radius 3 is 2.43 bits per heavy atom. The van der Waals surface area contributed by atoms with Crippen LogP contribution in [0.5, 0.6) is 0 Å².